The van der Waals surface area contributed by atoms with Crippen LogP contribution in [0.3, 0.4) is 0 Å². The van der Waals surface area contributed by atoms with Crippen molar-refractivity contribution in [1.29, 1.82) is 0 Å². The lowest BCUT2D eigenvalue weighted by Gasteiger charge is -2.38. The van der Waals surface area contributed by atoms with E-state index in [4.69, 9.17) is 4.74 Å². The SMILES string of the molecule is CC(=O)NCCc1ccccc1Br.CC12OC(=O)C(=O)N1CCc1c(Br)cccc12.CC1=NCCc2c(Br)cccc21.CC1NCCc2c(Br)cccc21. The molecule has 1 saturated heterocycles. The monoisotopic (exact) mass is 984 g/mol. The van der Waals surface area contributed by atoms with E-state index in [0.29, 0.717) is 19.1 Å². The Morgan fingerprint density at radius 1 is 0.870 bits per heavy atom. The number of aliphatic imine (C=N–C) groups is 1. The molecule has 1 fully saturated rings. The van der Waals surface area contributed by atoms with Crippen molar-refractivity contribution < 1.29 is 19.1 Å². The summed E-state index contributed by atoms with van der Waals surface area (Å²) in [6.45, 7) is 10.8. The second-order valence-electron chi connectivity index (χ2n) is 13.4. The number of rotatable bonds is 3. The van der Waals surface area contributed by atoms with Crippen LogP contribution < -0.4 is 10.6 Å². The number of nitrogens with one attached hydrogen (secondary N) is 2. The van der Waals surface area contributed by atoms with Crippen LogP contribution in [0.5, 0.6) is 0 Å². The van der Waals surface area contributed by atoms with Gasteiger partial charge in [-0.15, -0.1) is 0 Å². The van der Waals surface area contributed by atoms with Gasteiger partial charge in [0.1, 0.15) is 0 Å². The Morgan fingerprint density at radius 2 is 1.52 bits per heavy atom. The quantitative estimate of drug-likeness (QED) is 0.158. The molecule has 2 unspecified atom stereocenters. The van der Waals surface area contributed by atoms with Crippen LogP contribution in [0.2, 0.25) is 0 Å². The Balaban J connectivity index is 0.000000140. The summed E-state index contributed by atoms with van der Waals surface area (Å²) < 4.78 is 9.83. The predicted octanol–water partition coefficient (Wildman–Crippen LogP) is 9.16. The fourth-order valence-corrected chi connectivity index (χ4v) is 9.18. The van der Waals surface area contributed by atoms with Crippen LogP contribution in [0.1, 0.15) is 72.7 Å². The van der Waals surface area contributed by atoms with Crippen LogP contribution >= 0.6 is 63.7 Å². The highest BCUT2D eigenvalue weighted by Gasteiger charge is 2.53. The average molecular weight is 988 g/mol. The maximum Gasteiger partial charge on any atom is 0.399 e. The molecule has 2 amide bonds. The van der Waals surface area contributed by atoms with Crippen LogP contribution in [0.4, 0.5) is 0 Å². The average Bonchev–Trinajstić information content (AvgIpc) is 3.38. The van der Waals surface area contributed by atoms with Crippen molar-refractivity contribution in [1.82, 2.24) is 15.5 Å². The van der Waals surface area contributed by atoms with Gasteiger partial charge in [-0.25, -0.2) is 4.79 Å². The molecule has 2 atom stereocenters. The third-order valence-electron chi connectivity index (χ3n) is 9.82. The van der Waals surface area contributed by atoms with Crippen LogP contribution in [-0.4, -0.2) is 54.6 Å². The van der Waals surface area contributed by atoms with E-state index in [0.717, 1.165) is 64.6 Å². The van der Waals surface area contributed by atoms with Gasteiger partial charge in [0.15, 0.2) is 0 Å². The van der Waals surface area contributed by atoms with E-state index in [1.165, 1.54) is 48.6 Å². The Hall–Kier alpha value is -3.16. The normalized spacial score (nSPS) is 19.0. The molecule has 8 rings (SSSR count). The molecule has 4 aliphatic rings. The molecule has 4 heterocycles. The molecule has 0 radical (unpaired) electrons. The zero-order chi connectivity index (χ0) is 39.0. The summed E-state index contributed by atoms with van der Waals surface area (Å²) in [7, 11) is 0. The molecule has 4 aromatic rings. The first kappa shape index (κ1) is 42.0. The summed E-state index contributed by atoms with van der Waals surface area (Å²) >= 11 is 14.1. The Labute approximate surface area is 351 Å². The third-order valence-corrected chi connectivity index (χ3v) is 12.8. The van der Waals surface area contributed by atoms with Gasteiger partial charge in [0.2, 0.25) is 11.6 Å². The maximum absolute atomic E-state index is 11.7. The fourth-order valence-electron chi connectivity index (χ4n) is 6.98. The molecular formula is C42H44Br4N4O4. The van der Waals surface area contributed by atoms with Crippen molar-refractivity contribution in [2.75, 3.05) is 26.2 Å². The molecule has 0 aliphatic carbocycles. The minimum atomic E-state index is -0.939. The van der Waals surface area contributed by atoms with E-state index in [9.17, 15) is 14.4 Å². The highest BCUT2D eigenvalue weighted by Crippen LogP contribution is 2.42. The number of benzene rings is 4. The standard InChI is InChI=1S/C12H10BrNO3.C10H12BrNO.C10H12BrN.C10H10BrN/c1-12-8-3-2-4-9(13)7(8)5-6-14(12)10(15)11(16)17-12;1-8(13)12-7-6-9-4-2-3-5-10(9)11;2*1-7-8-3-2-4-10(11)9(8)5-6-12-7/h2-4H,5-6H2,1H3;2-5H,6-7H2,1H3,(H,12,13);2-4,7,12H,5-6H2,1H3;2-4H,5-6H2,1H3. The summed E-state index contributed by atoms with van der Waals surface area (Å²) in [5.41, 5.74) is 9.06. The second-order valence-corrected chi connectivity index (χ2v) is 16.8. The van der Waals surface area contributed by atoms with Crippen molar-refractivity contribution in [3.63, 3.8) is 0 Å². The van der Waals surface area contributed by atoms with E-state index in [2.05, 4.69) is 130 Å². The molecular weight excluding hydrogens is 944 g/mol. The van der Waals surface area contributed by atoms with Gasteiger partial charge in [0.25, 0.3) is 0 Å². The summed E-state index contributed by atoms with van der Waals surface area (Å²) in [4.78, 5) is 39.6. The molecule has 8 nitrogen and oxygen atoms in total. The van der Waals surface area contributed by atoms with Gasteiger partial charge in [0, 0.05) is 61.8 Å². The Kier molecular flexibility index (Phi) is 14.9. The summed E-state index contributed by atoms with van der Waals surface area (Å²) in [5, 5.41) is 6.21. The Morgan fingerprint density at radius 3 is 2.20 bits per heavy atom. The van der Waals surface area contributed by atoms with Crippen LogP contribution in [0, 0.1) is 0 Å². The number of hydrogen-bond acceptors (Lipinski definition) is 6. The van der Waals surface area contributed by atoms with Gasteiger partial charge in [-0.1, -0.05) is 118 Å². The van der Waals surface area contributed by atoms with Crippen molar-refractivity contribution in [3.8, 4) is 0 Å². The molecule has 0 saturated carbocycles. The first-order valence-electron chi connectivity index (χ1n) is 17.9. The second kappa shape index (κ2) is 19.1. The topological polar surface area (TPSA) is 100 Å². The van der Waals surface area contributed by atoms with Crippen molar-refractivity contribution in [2.45, 2.75) is 65.1 Å². The molecule has 0 aromatic heterocycles. The van der Waals surface area contributed by atoms with E-state index >= 15 is 0 Å². The minimum absolute atomic E-state index is 0.0204. The summed E-state index contributed by atoms with van der Waals surface area (Å²) in [6.07, 6.45) is 3.80. The summed E-state index contributed by atoms with van der Waals surface area (Å²) in [5.74, 6) is -1.29. The van der Waals surface area contributed by atoms with E-state index in [1.54, 1.807) is 6.92 Å². The molecule has 284 valence electrons. The predicted molar refractivity (Wildman–Crippen MR) is 229 cm³/mol. The Bertz CT molecular complexity index is 2050. The van der Waals surface area contributed by atoms with Crippen molar-refractivity contribution >= 4 is 87.2 Å². The minimum Gasteiger partial charge on any atom is -0.428 e. The molecule has 4 aromatic carbocycles. The van der Waals surface area contributed by atoms with Gasteiger partial charge in [-0.3, -0.25) is 19.5 Å². The number of fused-ring (bicyclic) bond motifs is 5. The van der Waals surface area contributed by atoms with Crippen LogP contribution in [0.25, 0.3) is 0 Å². The zero-order valence-corrected chi connectivity index (χ0v) is 37.1. The first-order chi connectivity index (χ1) is 25.8. The number of amides is 2. The number of esters is 1. The van der Waals surface area contributed by atoms with Crippen molar-refractivity contribution in [3.05, 3.63) is 136 Å². The number of hydrogen-bond donors (Lipinski definition) is 2. The molecule has 0 bridgehead atoms. The van der Waals surface area contributed by atoms with Crippen molar-refractivity contribution in [2.24, 2.45) is 4.99 Å². The lowest BCUT2D eigenvalue weighted by molar-refractivity contribution is -0.154. The third kappa shape index (κ3) is 9.98. The fraction of sp³-hybridized carbons (Fsp3) is 0.333. The largest absolute Gasteiger partial charge is 0.428 e. The number of ether oxygens (including phenoxy) is 1. The first-order valence-corrected chi connectivity index (χ1v) is 21.1. The lowest BCUT2D eigenvalue weighted by Crippen LogP contribution is -2.46. The highest BCUT2D eigenvalue weighted by atomic mass is 79.9. The lowest BCUT2D eigenvalue weighted by atomic mass is 9.91. The molecule has 0 spiro atoms. The molecule has 2 N–H and O–H groups in total. The van der Waals surface area contributed by atoms with E-state index in [1.807, 2.05) is 42.5 Å². The van der Waals surface area contributed by atoms with Gasteiger partial charge < -0.3 is 15.4 Å². The zero-order valence-electron chi connectivity index (χ0n) is 30.8. The van der Waals surface area contributed by atoms with Crippen LogP contribution in [-0.2, 0) is 50.5 Å². The highest BCUT2D eigenvalue weighted by molar-refractivity contribution is 9.11. The molecule has 54 heavy (non-hydrogen) atoms. The smallest absolute Gasteiger partial charge is 0.399 e. The van der Waals surface area contributed by atoms with E-state index in [-0.39, 0.29) is 5.91 Å². The summed E-state index contributed by atoms with van der Waals surface area (Å²) in [6, 6.07) is 27.0. The van der Waals surface area contributed by atoms with Gasteiger partial charge in [-0.2, -0.15) is 0 Å². The van der Waals surface area contributed by atoms with Gasteiger partial charge in [0.05, 0.1) is 0 Å². The number of halogens is 4. The van der Waals surface area contributed by atoms with Crippen LogP contribution in [0.15, 0.2) is 102 Å². The maximum atomic E-state index is 11.7. The van der Waals surface area contributed by atoms with Gasteiger partial charge in [-0.05, 0) is 111 Å². The number of carbonyl (C=O) groups is 3. The molecule has 12 heteroatoms. The van der Waals surface area contributed by atoms with Gasteiger partial charge >= 0.3 is 11.9 Å². The number of nitrogens with zero attached hydrogens (tertiary/aromatic N) is 2. The number of carbonyl (C=O) groups excluding carboxylic acids is 3. The van der Waals surface area contributed by atoms with E-state index < -0.39 is 17.6 Å². The molecule has 4 aliphatic heterocycles.